The maximum atomic E-state index is 12.6. The van der Waals surface area contributed by atoms with Crippen molar-refractivity contribution in [1.29, 1.82) is 0 Å². The van der Waals surface area contributed by atoms with Crippen molar-refractivity contribution in [2.24, 2.45) is 0 Å². The van der Waals surface area contributed by atoms with Crippen LogP contribution in [-0.4, -0.2) is 9.78 Å². The van der Waals surface area contributed by atoms with Crippen LogP contribution in [0.3, 0.4) is 0 Å². The van der Waals surface area contributed by atoms with Gasteiger partial charge >= 0.3 is 6.18 Å². The lowest BCUT2D eigenvalue weighted by atomic mass is 10.2. The molecule has 2 aromatic rings. The van der Waals surface area contributed by atoms with Crippen molar-refractivity contribution in [3.05, 3.63) is 45.9 Å². The number of nitrogens with zero attached hydrogens (tertiary/aromatic N) is 1. The first kappa shape index (κ1) is 13.3. The smallest absolute Gasteiger partial charge is 0.393 e. The molecule has 1 aromatic carbocycles. The van der Waals surface area contributed by atoms with Gasteiger partial charge in [-0.05, 0) is 24.6 Å². The number of nitrogens with one attached hydrogen (secondary N) is 1. The van der Waals surface area contributed by atoms with Crippen molar-refractivity contribution in [1.82, 2.24) is 9.78 Å². The first-order chi connectivity index (χ1) is 8.84. The van der Waals surface area contributed by atoms with Gasteiger partial charge in [0.15, 0.2) is 0 Å². The van der Waals surface area contributed by atoms with E-state index in [0.29, 0.717) is 12.1 Å². The fraction of sp³-hybridized carbons (Fsp3) is 0.250. The van der Waals surface area contributed by atoms with Crippen LogP contribution in [0.15, 0.2) is 29.1 Å². The standard InChI is InChI=1S/C12H12F3N3O/c1-2-9-10(16)11(19)18(17-9)8-5-3-4-7(6-8)12(13,14)15/h3-6,17H,2,16H2,1H3. The molecule has 0 aliphatic carbocycles. The molecule has 0 saturated carbocycles. The molecule has 0 amide bonds. The second-order valence-corrected chi connectivity index (χ2v) is 4.05. The number of hydrogen-bond donors (Lipinski definition) is 2. The fourth-order valence-electron chi connectivity index (χ4n) is 1.77. The summed E-state index contributed by atoms with van der Waals surface area (Å²) in [5.74, 6) is 0. The molecule has 1 aromatic heterocycles. The summed E-state index contributed by atoms with van der Waals surface area (Å²) in [6.45, 7) is 1.79. The molecule has 4 nitrogen and oxygen atoms in total. The van der Waals surface area contributed by atoms with Crippen LogP contribution in [0.25, 0.3) is 5.69 Å². The first-order valence-electron chi connectivity index (χ1n) is 5.61. The minimum Gasteiger partial charge on any atom is -0.393 e. The van der Waals surface area contributed by atoms with Crippen LogP contribution in [0.5, 0.6) is 0 Å². The highest BCUT2D eigenvalue weighted by molar-refractivity contribution is 5.45. The number of nitrogens with two attached hydrogens (primary N) is 1. The molecule has 1 heterocycles. The summed E-state index contributed by atoms with van der Waals surface area (Å²) in [4.78, 5) is 11.8. The summed E-state index contributed by atoms with van der Waals surface area (Å²) in [5.41, 5.74) is 4.86. The van der Waals surface area contributed by atoms with E-state index in [1.807, 2.05) is 0 Å². The van der Waals surface area contributed by atoms with Gasteiger partial charge in [-0.2, -0.15) is 13.2 Å². The van der Waals surface area contributed by atoms with Crippen molar-refractivity contribution in [2.45, 2.75) is 19.5 Å². The molecule has 0 aliphatic heterocycles. The highest BCUT2D eigenvalue weighted by Gasteiger charge is 2.30. The number of aromatic amines is 1. The summed E-state index contributed by atoms with van der Waals surface area (Å²) < 4.78 is 38.9. The molecule has 0 unspecified atom stereocenters. The third-order valence-electron chi connectivity index (χ3n) is 2.79. The zero-order chi connectivity index (χ0) is 14.2. The predicted octanol–water partition coefficient (Wildman–Crippen LogP) is 2.33. The average molecular weight is 271 g/mol. The van der Waals surface area contributed by atoms with Crippen LogP contribution in [-0.2, 0) is 12.6 Å². The largest absolute Gasteiger partial charge is 0.416 e. The van der Waals surface area contributed by atoms with Crippen molar-refractivity contribution < 1.29 is 13.2 Å². The van der Waals surface area contributed by atoms with Crippen molar-refractivity contribution in [3.8, 4) is 5.69 Å². The van der Waals surface area contributed by atoms with Gasteiger partial charge in [0.1, 0.15) is 5.69 Å². The van der Waals surface area contributed by atoms with Gasteiger partial charge in [-0.1, -0.05) is 13.0 Å². The Morgan fingerprint density at radius 1 is 1.37 bits per heavy atom. The van der Waals surface area contributed by atoms with E-state index in [2.05, 4.69) is 5.10 Å². The second kappa shape index (κ2) is 4.49. The van der Waals surface area contributed by atoms with E-state index in [0.717, 1.165) is 16.8 Å². The van der Waals surface area contributed by atoms with E-state index < -0.39 is 17.3 Å². The highest BCUT2D eigenvalue weighted by atomic mass is 19.4. The molecule has 0 fully saturated rings. The monoisotopic (exact) mass is 271 g/mol. The predicted molar refractivity (Wildman–Crippen MR) is 65.2 cm³/mol. The van der Waals surface area contributed by atoms with Crippen molar-refractivity contribution in [2.75, 3.05) is 5.73 Å². The SMILES string of the molecule is CCc1[nH]n(-c2cccc(C(F)(F)F)c2)c(=O)c1N. The zero-order valence-corrected chi connectivity index (χ0v) is 10.1. The van der Waals surface area contributed by atoms with Crippen LogP contribution in [0.4, 0.5) is 18.9 Å². The van der Waals surface area contributed by atoms with Crippen LogP contribution in [0.1, 0.15) is 18.2 Å². The molecule has 3 N–H and O–H groups in total. The minimum atomic E-state index is -4.45. The number of halogens is 3. The Bertz CT molecular complexity index is 655. The molecule has 102 valence electrons. The number of benzene rings is 1. The summed E-state index contributed by atoms with van der Waals surface area (Å²) in [6.07, 6.45) is -3.96. The minimum absolute atomic E-state index is 0.0277. The van der Waals surface area contributed by atoms with E-state index in [-0.39, 0.29) is 11.4 Å². The molecule has 0 bridgehead atoms. The third-order valence-corrected chi connectivity index (χ3v) is 2.79. The molecule has 0 aliphatic rings. The van der Waals surface area contributed by atoms with Crippen LogP contribution in [0.2, 0.25) is 0 Å². The topological polar surface area (TPSA) is 63.8 Å². The van der Waals surface area contributed by atoms with E-state index in [4.69, 9.17) is 5.73 Å². The van der Waals surface area contributed by atoms with Crippen LogP contribution < -0.4 is 11.3 Å². The zero-order valence-electron chi connectivity index (χ0n) is 10.1. The lowest BCUT2D eigenvalue weighted by Crippen LogP contribution is -2.17. The highest BCUT2D eigenvalue weighted by Crippen LogP contribution is 2.30. The molecule has 7 heteroatoms. The molecule has 0 atom stereocenters. The number of rotatable bonds is 2. The molecule has 19 heavy (non-hydrogen) atoms. The van der Waals surface area contributed by atoms with E-state index in [1.54, 1.807) is 6.92 Å². The molecular formula is C12H12F3N3O. The van der Waals surface area contributed by atoms with Gasteiger partial charge in [0.05, 0.1) is 16.9 Å². The average Bonchev–Trinajstić information content (AvgIpc) is 2.65. The number of H-pyrrole nitrogens is 1. The molecule has 2 rings (SSSR count). The van der Waals surface area contributed by atoms with E-state index in [1.165, 1.54) is 12.1 Å². The summed E-state index contributed by atoms with van der Waals surface area (Å²) in [6, 6.07) is 4.50. The Labute approximate surface area is 106 Å². The van der Waals surface area contributed by atoms with Gasteiger partial charge in [-0.25, -0.2) is 4.68 Å². The van der Waals surface area contributed by atoms with Crippen LogP contribution >= 0.6 is 0 Å². The van der Waals surface area contributed by atoms with Gasteiger partial charge in [-0.15, -0.1) is 0 Å². The van der Waals surface area contributed by atoms with Crippen LogP contribution in [0, 0.1) is 0 Å². The van der Waals surface area contributed by atoms with Gasteiger partial charge in [-0.3, -0.25) is 9.89 Å². The van der Waals surface area contributed by atoms with Gasteiger partial charge < -0.3 is 5.73 Å². The number of alkyl halides is 3. The van der Waals surface area contributed by atoms with Gasteiger partial charge in [0, 0.05) is 0 Å². The maximum absolute atomic E-state index is 12.6. The summed E-state index contributed by atoms with van der Waals surface area (Å²) in [5, 5.41) is 2.71. The number of anilines is 1. The van der Waals surface area contributed by atoms with E-state index in [9.17, 15) is 18.0 Å². The Hall–Kier alpha value is -2.18. The second-order valence-electron chi connectivity index (χ2n) is 4.05. The summed E-state index contributed by atoms with van der Waals surface area (Å²) in [7, 11) is 0. The third kappa shape index (κ3) is 2.35. The fourth-order valence-corrected chi connectivity index (χ4v) is 1.77. The van der Waals surface area contributed by atoms with E-state index >= 15 is 0 Å². The lowest BCUT2D eigenvalue weighted by Gasteiger charge is -2.08. The molecular weight excluding hydrogens is 259 g/mol. The maximum Gasteiger partial charge on any atom is 0.416 e. The number of hydrogen-bond acceptors (Lipinski definition) is 2. The van der Waals surface area contributed by atoms with Crippen molar-refractivity contribution in [3.63, 3.8) is 0 Å². The summed E-state index contributed by atoms with van der Waals surface area (Å²) >= 11 is 0. The number of aromatic nitrogens is 2. The number of aryl methyl sites for hydroxylation is 1. The Kier molecular flexibility index (Phi) is 3.13. The van der Waals surface area contributed by atoms with Gasteiger partial charge in [0.2, 0.25) is 0 Å². The first-order valence-corrected chi connectivity index (χ1v) is 5.61. The Balaban J connectivity index is 2.57. The Morgan fingerprint density at radius 3 is 2.58 bits per heavy atom. The Morgan fingerprint density at radius 2 is 2.05 bits per heavy atom. The number of nitrogen functional groups attached to an aromatic ring is 1. The molecule has 0 saturated heterocycles. The normalized spacial score (nSPS) is 11.8. The molecule has 0 radical (unpaired) electrons. The lowest BCUT2D eigenvalue weighted by molar-refractivity contribution is -0.137. The molecule has 0 spiro atoms. The van der Waals surface area contributed by atoms with Gasteiger partial charge in [0.25, 0.3) is 5.56 Å². The quantitative estimate of drug-likeness (QED) is 0.880. The van der Waals surface area contributed by atoms with Crippen molar-refractivity contribution >= 4 is 5.69 Å².